The molecule has 0 aliphatic carbocycles. The van der Waals surface area contributed by atoms with Gasteiger partial charge in [0, 0.05) is 12.2 Å². The van der Waals surface area contributed by atoms with Gasteiger partial charge < -0.3 is 10.4 Å². The number of hydrogen-bond donors (Lipinski definition) is 2. The van der Waals surface area contributed by atoms with Crippen molar-refractivity contribution >= 4 is 17.6 Å². The predicted molar refractivity (Wildman–Crippen MR) is 87.6 cm³/mol. The Balaban J connectivity index is 1.64. The molecule has 1 atom stereocenters. The van der Waals surface area contributed by atoms with Crippen LogP contribution in [0.3, 0.4) is 0 Å². The van der Waals surface area contributed by atoms with E-state index >= 15 is 0 Å². The van der Waals surface area contributed by atoms with Gasteiger partial charge in [-0.05, 0) is 31.2 Å². The molecular formula is C16H16F3N5O3. The molecule has 1 aromatic heterocycles. The van der Waals surface area contributed by atoms with Gasteiger partial charge in [-0.3, -0.25) is 9.69 Å². The number of rotatable bonds is 5. The van der Waals surface area contributed by atoms with Crippen molar-refractivity contribution in [1.82, 2.24) is 19.9 Å². The van der Waals surface area contributed by atoms with Crippen molar-refractivity contribution in [2.45, 2.75) is 12.6 Å². The van der Waals surface area contributed by atoms with Crippen LogP contribution in [0.5, 0.6) is 0 Å². The minimum absolute atomic E-state index is 0.0517. The minimum atomic E-state index is -4.29. The molecule has 1 aliphatic rings. The first kappa shape index (κ1) is 18.8. The van der Waals surface area contributed by atoms with Crippen LogP contribution in [-0.4, -0.2) is 62.7 Å². The predicted octanol–water partition coefficient (Wildman–Crippen LogP) is 1.79. The Labute approximate surface area is 151 Å². The largest absolute Gasteiger partial charge is 0.476 e. The van der Waals surface area contributed by atoms with Crippen molar-refractivity contribution in [3.05, 3.63) is 36.2 Å². The zero-order valence-corrected chi connectivity index (χ0v) is 14.0. The summed E-state index contributed by atoms with van der Waals surface area (Å²) in [6.07, 6.45) is -2.70. The Bertz CT molecular complexity index is 852. The number of aromatic carboxylic acids is 1. The number of carbonyl (C=O) groups is 2. The molecule has 8 nitrogen and oxygen atoms in total. The number of hydrogen-bond acceptors (Lipinski definition) is 5. The van der Waals surface area contributed by atoms with Crippen molar-refractivity contribution in [2.75, 3.05) is 25.0 Å². The van der Waals surface area contributed by atoms with Crippen molar-refractivity contribution in [3.63, 3.8) is 0 Å². The summed E-state index contributed by atoms with van der Waals surface area (Å²) >= 11 is 0. The van der Waals surface area contributed by atoms with Crippen LogP contribution < -0.4 is 5.32 Å². The summed E-state index contributed by atoms with van der Waals surface area (Å²) < 4.78 is 38.6. The lowest BCUT2D eigenvalue weighted by atomic mass is 10.1. The van der Waals surface area contributed by atoms with E-state index in [2.05, 4.69) is 15.6 Å². The molecule has 1 aliphatic heterocycles. The van der Waals surface area contributed by atoms with Gasteiger partial charge in [0.2, 0.25) is 5.91 Å². The molecule has 1 amide bonds. The third-order valence-corrected chi connectivity index (χ3v) is 4.14. The molecule has 144 valence electrons. The second-order valence-electron chi connectivity index (χ2n) is 6.23. The summed E-state index contributed by atoms with van der Waals surface area (Å²) in [7, 11) is 0. The SMILES string of the molecule is O=C(O)c1cn(-c2cccc(NC(=O)C3CCN(CC(F)(F)F)C3)c2)nn1. The number of likely N-dealkylation sites (tertiary alicyclic amines) is 1. The zero-order valence-electron chi connectivity index (χ0n) is 14.0. The van der Waals surface area contributed by atoms with Gasteiger partial charge in [0.25, 0.3) is 0 Å². The van der Waals surface area contributed by atoms with E-state index in [-0.39, 0.29) is 24.7 Å². The maximum atomic E-state index is 12.4. The highest BCUT2D eigenvalue weighted by Crippen LogP contribution is 2.24. The molecule has 1 fully saturated rings. The van der Waals surface area contributed by atoms with Crippen LogP contribution in [0, 0.1) is 5.92 Å². The fraction of sp³-hybridized carbons (Fsp3) is 0.375. The normalized spacial score (nSPS) is 17.8. The number of anilines is 1. The Morgan fingerprint density at radius 1 is 1.33 bits per heavy atom. The monoisotopic (exact) mass is 383 g/mol. The maximum Gasteiger partial charge on any atom is 0.401 e. The van der Waals surface area contributed by atoms with E-state index < -0.39 is 24.6 Å². The number of halogens is 3. The van der Waals surface area contributed by atoms with Crippen LogP contribution in [0.4, 0.5) is 18.9 Å². The molecule has 11 heteroatoms. The lowest BCUT2D eigenvalue weighted by molar-refractivity contribution is -0.144. The van der Waals surface area contributed by atoms with Gasteiger partial charge >= 0.3 is 12.1 Å². The average molecular weight is 383 g/mol. The number of amides is 1. The van der Waals surface area contributed by atoms with Crippen LogP contribution in [0.2, 0.25) is 0 Å². The molecule has 2 N–H and O–H groups in total. The highest BCUT2D eigenvalue weighted by molar-refractivity contribution is 5.93. The molecule has 0 spiro atoms. The van der Waals surface area contributed by atoms with Crippen molar-refractivity contribution < 1.29 is 27.9 Å². The van der Waals surface area contributed by atoms with Crippen molar-refractivity contribution in [1.29, 1.82) is 0 Å². The van der Waals surface area contributed by atoms with Gasteiger partial charge in [-0.15, -0.1) is 5.10 Å². The summed E-state index contributed by atoms with van der Waals surface area (Å²) in [4.78, 5) is 24.4. The minimum Gasteiger partial charge on any atom is -0.476 e. The third kappa shape index (κ3) is 4.82. The van der Waals surface area contributed by atoms with Crippen LogP contribution in [0.15, 0.2) is 30.5 Å². The number of carboxylic acids is 1. The number of carbonyl (C=O) groups excluding carboxylic acids is 1. The first-order valence-corrected chi connectivity index (χ1v) is 8.07. The number of nitrogens with zero attached hydrogens (tertiary/aromatic N) is 4. The highest BCUT2D eigenvalue weighted by atomic mass is 19.4. The van der Waals surface area contributed by atoms with Crippen LogP contribution in [0.25, 0.3) is 5.69 Å². The summed E-state index contributed by atoms with van der Waals surface area (Å²) in [5.41, 5.74) is 0.692. The summed E-state index contributed by atoms with van der Waals surface area (Å²) in [6.45, 7) is -0.755. The molecule has 0 saturated carbocycles. The van der Waals surface area contributed by atoms with E-state index in [0.717, 1.165) is 0 Å². The average Bonchev–Trinajstić information content (AvgIpc) is 3.23. The molecule has 1 aromatic carbocycles. The van der Waals surface area contributed by atoms with Crippen LogP contribution >= 0.6 is 0 Å². The molecular weight excluding hydrogens is 367 g/mol. The van der Waals surface area contributed by atoms with Crippen molar-refractivity contribution in [2.24, 2.45) is 5.92 Å². The zero-order chi connectivity index (χ0) is 19.6. The Hall–Kier alpha value is -2.95. The van der Waals surface area contributed by atoms with E-state index in [1.54, 1.807) is 24.3 Å². The summed E-state index contributed by atoms with van der Waals surface area (Å²) in [5.74, 6) is -2.10. The number of benzene rings is 1. The Kier molecular flexibility index (Phi) is 5.13. The number of carboxylic acid groups (broad SMARTS) is 1. The second kappa shape index (κ2) is 7.35. The Morgan fingerprint density at radius 2 is 2.11 bits per heavy atom. The highest BCUT2D eigenvalue weighted by Gasteiger charge is 2.36. The second-order valence-corrected chi connectivity index (χ2v) is 6.23. The fourth-order valence-electron chi connectivity index (χ4n) is 2.90. The smallest absolute Gasteiger partial charge is 0.401 e. The van der Waals surface area contributed by atoms with Gasteiger partial charge in [-0.25, -0.2) is 9.48 Å². The van der Waals surface area contributed by atoms with Crippen LogP contribution in [0.1, 0.15) is 16.9 Å². The van der Waals surface area contributed by atoms with Gasteiger partial charge in [0.15, 0.2) is 5.69 Å². The molecule has 0 bridgehead atoms. The third-order valence-electron chi connectivity index (χ3n) is 4.14. The van der Waals surface area contributed by atoms with Crippen LogP contribution in [-0.2, 0) is 4.79 Å². The van der Waals surface area contributed by atoms with E-state index in [1.165, 1.54) is 15.8 Å². The lowest BCUT2D eigenvalue weighted by Gasteiger charge is -2.17. The van der Waals surface area contributed by atoms with E-state index in [0.29, 0.717) is 17.8 Å². The first-order valence-electron chi connectivity index (χ1n) is 8.07. The molecule has 2 aromatic rings. The summed E-state index contributed by atoms with van der Waals surface area (Å²) in [6, 6.07) is 6.48. The standard InChI is InChI=1S/C16H16F3N5O3/c17-16(18,19)9-23-5-4-10(7-23)14(25)20-11-2-1-3-12(6-11)24-8-13(15(26)27)21-22-24/h1-3,6,8,10H,4-5,7,9H2,(H,20,25)(H,26,27). The fourth-order valence-corrected chi connectivity index (χ4v) is 2.90. The maximum absolute atomic E-state index is 12.4. The first-order chi connectivity index (χ1) is 12.7. The van der Waals surface area contributed by atoms with Gasteiger partial charge in [-0.2, -0.15) is 13.2 Å². The van der Waals surface area contributed by atoms with E-state index in [1.807, 2.05) is 0 Å². The molecule has 1 saturated heterocycles. The Morgan fingerprint density at radius 3 is 2.78 bits per heavy atom. The number of alkyl halides is 3. The summed E-state index contributed by atoms with van der Waals surface area (Å²) in [5, 5.41) is 18.8. The van der Waals surface area contributed by atoms with Gasteiger partial charge in [0.05, 0.1) is 24.3 Å². The molecule has 3 rings (SSSR count). The molecule has 0 radical (unpaired) electrons. The van der Waals surface area contributed by atoms with Gasteiger partial charge in [0.1, 0.15) is 0 Å². The van der Waals surface area contributed by atoms with Crippen molar-refractivity contribution in [3.8, 4) is 5.69 Å². The van der Waals surface area contributed by atoms with Gasteiger partial charge in [-0.1, -0.05) is 11.3 Å². The quantitative estimate of drug-likeness (QED) is 0.817. The lowest BCUT2D eigenvalue weighted by Crippen LogP contribution is -2.34. The number of aromatic nitrogens is 3. The van der Waals surface area contributed by atoms with E-state index in [9.17, 15) is 22.8 Å². The molecule has 1 unspecified atom stereocenters. The molecule has 27 heavy (non-hydrogen) atoms. The number of nitrogens with one attached hydrogen (secondary N) is 1. The van der Waals surface area contributed by atoms with E-state index in [4.69, 9.17) is 5.11 Å². The topological polar surface area (TPSA) is 100 Å². The molecule has 2 heterocycles.